The average Bonchev–Trinajstić information content (AvgIpc) is 3.48. The van der Waals surface area contributed by atoms with Crippen molar-refractivity contribution in [3.05, 3.63) is 61.2 Å². The lowest BCUT2D eigenvalue weighted by molar-refractivity contribution is 0.0878. The van der Waals surface area contributed by atoms with Crippen molar-refractivity contribution in [2.45, 2.75) is 56.8 Å². The molecule has 156 valence electrons. The summed E-state index contributed by atoms with van der Waals surface area (Å²) < 4.78 is 6.54. The van der Waals surface area contributed by atoms with E-state index in [1.807, 2.05) is 0 Å². The zero-order chi connectivity index (χ0) is 20.3. The van der Waals surface area contributed by atoms with Crippen molar-refractivity contribution in [2.75, 3.05) is 9.80 Å². The molecule has 1 fully saturated rings. The first kappa shape index (κ1) is 17.0. The van der Waals surface area contributed by atoms with Gasteiger partial charge in [0, 0.05) is 32.7 Å². The van der Waals surface area contributed by atoms with Crippen LogP contribution in [0.1, 0.15) is 32.6 Å². The molecule has 5 heterocycles. The third kappa shape index (κ3) is 1.97. The second-order valence-corrected chi connectivity index (χ2v) is 11.5. The monoisotopic (exact) mass is 428 g/mol. The Balaban J connectivity index is 1.43. The molecule has 8 rings (SSSR count). The van der Waals surface area contributed by atoms with Gasteiger partial charge in [0.05, 0.1) is 34.1 Å². The minimum atomic E-state index is -0.587. The molecule has 5 aliphatic heterocycles. The van der Waals surface area contributed by atoms with E-state index in [0.29, 0.717) is 24.2 Å². The fourth-order valence-electron chi connectivity index (χ4n) is 6.74. The van der Waals surface area contributed by atoms with Gasteiger partial charge in [-0.15, -0.1) is 0 Å². The molecule has 31 heavy (non-hydrogen) atoms. The van der Waals surface area contributed by atoms with Gasteiger partial charge in [-0.3, -0.25) is 0 Å². The fourth-order valence-corrected chi connectivity index (χ4v) is 9.98. The number of nitrogens with zero attached hydrogens (tertiary/aromatic N) is 4. The Labute approximate surface area is 183 Å². The molecule has 2 aromatic carbocycles. The van der Waals surface area contributed by atoms with Crippen molar-refractivity contribution in [1.29, 1.82) is 0 Å². The van der Waals surface area contributed by atoms with E-state index in [0.717, 1.165) is 11.5 Å². The molecule has 0 amide bonds. The van der Waals surface area contributed by atoms with Gasteiger partial charge in [-0.2, -0.15) is 0 Å². The third-order valence-electron chi connectivity index (χ3n) is 8.05. The van der Waals surface area contributed by atoms with Crippen LogP contribution in [0.25, 0.3) is 0 Å². The van der Waals surface area contributed by atoms with E-state index in [9.17, 15) is 0 Å². The predicted octanol–water partition coefficient (Wildman–Crippen LogP) is 4.38. The predicted molar refractivity (Wildman–Crippen MR) is 125 cm³/mol. The molecular weight excluding hydrogens is 403 g/mol. The van der Waals surface area contributed by atoms with Crippen molar-refractivity contribution >= 4 is 29.9 Å². The van der Waals surface area contributed by atoms with Crippen LogP contribution in [0.3, 0.4) is 0 Å². The summed E-state index contributed by atoms with van der Waals surface area (Å²) in [5, 5.41) is 2.84. The van der Waals surface area contributed by atoms with Crippen LogP contribution in [0.4, 0.5) is 11.4 Å². The minimum absolute atomic E-state index is 0.325. The molecule has 3 unspecified atom stereocenters. The van der Waals surface area contributed by atoms with Crippen LogP contribution in [-0.2, 0) is 0 Å². The summed E-state index contributed by atoms with van der Waals surface area (Å²) in [6, 6.07) is 14.3. The topological polar surface area (TPSA) is 22.2 Å². The minimum Gasteiger partial charge on any atom is -0.456 e. The maximum atomic E-state index is 6.54. The van der Waals surface area contributed by atoms with E-state index in [-0.39, 0.29) is 0 Å². The lowest BCUT2D eigenvalue weighted by atomic mass is 9.88. The van der Waals surface area contributed by atoms with Crippen LogP contribution in [-0.4, -0.2) is 34.0 Å². The molecule has 2 aromatic rings. The lowest BCUT2D eigenvalue weighted by Crippen LogP contribution is -2.57. The molecule has 1 aliphatic carbocycles. The SMILES string of the molecule is C[C@H]1N2C=CN1C1CCCCC1N1C=CN3c4cccc5c4[P@](c4c(cccc42)O5)C31. The Morgan fingerprint density at radius 3 is 2.13 bits per heavy atom. The van der Waals surface area contributed by atoms with Gasteiger partial charge in [0.1, 0.15) is 23.6 Å². The maximum absolute atomic E-state index is 6.54. The largest absolute Gasteiger partial charge is 0.456 e. The number of fused-ring (bicyclic) bond motifs is 7. The van der Waals surface area contributed by atoms with E-state index in [4.69, 9.17) is 4.74 Å². The van der Waals surface area contributed by atoms with Gasteiger partial charge in [0.15, 0.2) is 0 Å². The van der Waals surface area contributed by atoms with Gasteiger partial charge >= 0.3 is 0 Å². The quantitative estimate of drug-likeness (QED) is 0.580. The van der Waals surface area contributed by atoms with Crippen LogP contribution >= 0.6 is 7.92 Å². The highest BCUT2D eigenvalue weighted by Gasteiger charge is 2.53. The van der Waals surface area contributed by atoms with Crippen LogP contribution in [0, 0.1) is 0 Å². The van der Waals surface area contributed by atoms with Crippen LogP contribution in [0.15, 0.2) is 61.2 Å². The molecular formula is C25H25N4OP. The number of hydrogen-bond acceptors (Lipinski definition) is 5. The molecule has 0 N–H and O–H groups in total. The number of ether oxygens (including phenoxy) is 1. The summed E-state index contributed by atoms with van der Waals surface area (Å²) in [5.74, 6) is 2.46. The first-order valence-electron chi connectivity index (χ1n) is 11.5. The van der Waals surface area contributed by atoms with Crippen LogP contribution in [0.5, 0.6) is 11.5 Å². The fraction of sp³-hybridized carbons (Fsp3) is 0.360. The van der Waals surface area contributed by atoms with Gasteiger partial charge in [0.2, 0.25) is 0 Å². The Kier molecular flexibility index (Phi) is 3.16. The normalized spacial score (nSPS) is 32.9. The van der Waals surface area contributed by atoms with Gasteiger partial charge in [-0.1, -0.05) is 25.0 Å². The highest BCUT2D eigenvalue weighted by atomic mass is 31.1. The highest BCUT2D eigenvalue weighted by molar-refractivity contribution is 7.75. The van der Waals surface area contributed by atoms with E-state index in [1.165, 1.54) is 47.7 Å². The Bertz CT molecular complexity index is 1180. The Morgan fingerprint density at radius 2 is 1.39 bits per heavy atom. The van der Waals surface area contributed by atoms with Crippen molar-refractivity contribution in [1.82, 2.24) is 9.80 Å². The summed E-state index contributed by atoms with van der Waals surface area (Å²) in [7, 11) is -0.587. The Hall–Kier alpha value is -2.65. The van der Waals surface area contributed by atoms with E-state index in [1.54, 1.807) is 0 Å². The molecule has 0 spiro atoms. The average molecular weight is 428 g/mol. The summed E-state index contributed by atoms with van der Waals surface area (Å²) in [6.45, 7) is 2.36. The van der Waals surface area contributed by atoms with Gasteiger partial charge in [-0.05, 0) is 44.0 Å². The highest BCUT2D eigenvalue weighted by Crippen LogP contribution is 2.62. The first-order chi connectivity index (χ1) is 15.3. The second-order valence-electron chi connectivity index (χ2n) is 9.42. The molecule has 0 radical (unpaired) electrons. The van der Waals surface area contributed by atoms with E-state index in [2.05, 4.69) is 87.7 Å². The summed E-state index contributed by atoms with van der Waals surface area (Å²) in [5.41, 5.74) is 2.65. The summed E-state index contributed by atoms with van der Waals surface area (Å²) >= 11 is 0. The second kappa shape index (κ2) is 5.77. The zero-order valence-electron chi connectivity index (χ0n) is 17.6. The number of rotatable bonds is 0. The summed E-state index contributed by atoms with van der Waals surface area (Å²) in [6.07, 6.45) is 14.9. The molecule has 5 atom stereocenters. The van der Waals surface area contributed by atoms with Gasteiger partial charge < -0.3 is 24.3 Å². The number of hydrogen-bond donors (Lipinski definition) is 0. The lowest BCUT2D eigenvalue weighted by Gasteiger charge is -2.49. The molecule has 6 heteroatoms. The number of anilines is 2. The molecule has 0 saturated heterocycles. The smallest absolute Gasteiger partial charge is 0.137 e. The van der Waals surface area contributed by atoms with Crippen molar-refractivity contribution in [2.24, 2.45) is 0 Å². The standard InChI is InChI=1S/C25H25N4OP/c1-16-26-12-13-27(16)19-8-4-10-21-23(19)31-24-20(9-5-11-22(24)30-21)29-15-14-28(25(29)31)18-7-3-2-6-17(18)26/h4-5,8-18,25H,2-3,6-7H2,1H3/t16-,17?,18?,25?,31+/m1/s1. The molecule has 1 saturated carbocycles. The molecule has 0 aromatic heterocycles. The zero-order valence-corrected chi connectivity index (χ0v) is 18.5. The van der Waals surface area contributed by atoms with Crippen molar-refractivity contribution < 1.29 is 4.74 Å². The van der Waals surface area contributed by atoms with Crippen molar-refractivity contribution in [3.63, 3.8) is 0 Å². The molecule has 6 aliphatic rings. The molecule has 5 nitrogen and oxygen atoms in total. The van der Waals surface area contributed by atoms with Gasteiger partial charge in [-0.25, -0.2) is 0 Å². The third-order valence-corrected chi connectivity index (χ3v) is 10.9. The van der Waals surface area contributed by atoms with Crippen LogP contribution < -0.4 is 25.1 Å². The maximum Gasteiger partial charge on any atom is 0.137 e. The first-order valence-corrected chi connectivity index (χ1v) is 12.9. The van der Waals surface area contributed by atoms with E-state index < -0.39 is 7.92 Å². The molecule has 2 bridgehead atoms. The van der Waals surface area contributed by atoms with Crippen molar-refractivity contribution in [3.8, 4) is 11.5 Å². The van der Waals surface area contributed by atoms with Gasteiger partial charge in [0.25, 0.3) is 0 Å². The summed E-state index contributed by atoms with van der Waals surface area (Å²) in [4.78, 5) is 10.4. The number of benzene rings is 2. The van der Waals surface area contributed by atoms with E-state index >= 15 is 0 Å². The van der Waals surface area contributed by atoms with Crippen LogP contribution in [0.2, 0.25) is 0 Å². The Morgan fingerprint density at radius 1 is 0.774 bits per heavy atom.